The van der Waals surface area contributed by atoms with Crippen LogP contribution in [-0.2, 0) is 37.5 Å². The average Bonchev–Trinajstić information content (AvgIpc) is 0. The third-order valence-electron chi connectivity index (χ3n) is 0. The van der Waals surface area contributed by atoms with E-state index in [4.69, 9.17) is 0 Å². The average molecular weight is 240 g/mol. The van der Waals surface area contributed by atoms with Crippen LogP contribution in [0.2, 0.25) is 0 Å². The van der Waals surface area contributed by atoms with Gasteiger partial charge in [0.15, 0.2) is 0 Å². The minimum atomic E-state index is 0. The molecule has 0 aliphatic heterocycles. The molecule has 0 aliphatic carbocycles. The summed E-state index contributed by atoms with van der Waals surface area (Å²) in [5.41, 5.74) is 0. The van der Waals surface area contributed by atoms with Gasteiger partial charge in [-0.3, -0.25) is 0 Å². The second kappa shape index (κ2) is 66.0. The number of hydrogen-bond acceptors (Lipinski definition) is 0. The van der Waals surface area contributed by atoms with Gasteiger partial charge in [0, 0.05) is 21.1 Å². The summed E-state index contributed by atoms with van der Waals surface area (Å²) in [6.07, 6.45) is 0. The molecule has 5 heteroatoms. The van der Waals surface area contributed by atoms with Gasteiger partial charge in [0.25, 0.3) is 0 Å². The zero-order valence-electron chi connectivity index (χ0n) is 3.63. The second-order valence-corrected chi connectivity index (χ2v) is 0. The van der Waals surface area contributed by atoms with Crippen LogP contribution in [0.3, 0.4) is 0 Å². The monoisotopic (exact) mass is 240 g/mol. The molecule has 0 fully saturated rings. The summed E-state index contributed by atoms with van der Waals surface area (Å²) in [7, 11) is 0. The summed E-state index contributed by atoms with van der Waals surface area (Å²) in [5, 5.41) is 0. The Morgan fingerprint density at radius 2 is 0.800 bits per heavy atom. The van der Waals surface area contributed by atoms with Gasteiger partial charge in [-0.05, 0) is 0 Å². The first kappa shape index (κ1) is 121. The van der Waals surface area contributed by atoms with E-state index in [1.165, 1.54) is 0 Å². The van der Waals surface area contributed by atoms with Crippen molar-refractivity contribution in [3.8, 4) is 0 Å². The molecule has 0 N–H and O–H groups in total. The fourth-order valence-corrected chi connectivity index (χ4v) is 0. The van der Waals surface area contributed by atoms with E-state index in [1.54, 1.807) is 0 Å². The van der Waals surface area contributed by atoms with Gasteiger partial charge in [-0.25, -0.2) is 0 Å². The zero-order valence-corrected chi connectivity index (χ0v) is 5.57. The van der Waals surface area contributed by atoms with Crippen LogP contribution in [0.25, 0.3) is 0 Å². The molecule has 0 aromatic carbocycles. The molecular formula is HLiO3W-6. The quantitative estimate of drug-likeness (QED) is 0.398. The molecule has 0 saturated carbocycles. The predicted molar refractivity (Wildman–Crippen MR) is 3.17 cm³/mol. The Labute approximate surface area is 58.0 Å². The maximum absolute atomic E-state index is 0. The first-order valence-corrected chi connectivity index (χ1v) is 0. The van der Waals surface area contributed by atoms with Crippen molar-refractivity contribution in [2.75, 3.05) is 0 Å². The van der Waals surface area contributed by atoms with E-state index < -0.39 is 0 Å². The zero-order chi connectivity index (χ0) is 0. The minimum Gasteiger partial charge on any atom is -2.00 e. The molecule has 0 bridgehead atoms. The summed E-state index contributed by atoms with van der Waals surface area (Å²) in [5.74, 6) is 0. The van der Waals surface area contributed by atoms with Gasteiger partial charge in [-0.15, -0.1) is 0 Å². The number of rotatable bonds is 0. The Morgan fingerprint density at radius 1 is 0.800 bits per heavy atom. The molecule has 0 saturated heterocycles. The van der Waals surface area contributed by atoms with Crippen LogP contribution in [0, 0.1) is 0 Å². The molecule has 0 aliphatic rings. The van der Waals surface area contributed by atoms with Crippen molar-refractivity contribution in [3.63, 3.8) is 0 Å². The van der Waals surface area contributed by atoms with Crippen LogP contribution in [0.15, 0.2) is 0 Å². The minimum absolute atomic E-state index is 0. The molecule has 0 rings (SSSR count). The molecule has 5 heavy (non-hydrogen) atoms. The smallest absolute Gasteiger partial charge is 1.00 e. The van der Waals surface area contributed by atoms with Crippen LogP contribution in [-0.4, -0.2) is 0 Å². The van der Waals surface area contributed by atoms with E-state index in [2.05, 4.69) is 0 Å². The normalized spacial score (nSPS) is 0. The van der Waals surface area contributed by atoms with E-state index in [0.29, 0.717) is 0 Å². The largest absolute Gasteiger partial charge is 2.00 e. The number of hydrogen-bond donors (Lipinski definition) is 0. The second-order valence-electron chi connectivity index (χ2n) is 0. The third-order valence-corrected chi connectivity index (χ3v) is 0. The van der Waals surface area contributed by atoms with Crippen molar-refractivity contribution < 1.29 is 57.8 Å². The fourth-order valence-electron chi connectivity index (χ4n) is 0. The third kappa shape index (κ3) is 38.1. The molecule has 0 aromatic rings. The Hall–Kier alpha value is 1.17. The summed E-state index contributed by atoms with van der Waals surface area (Å²) < 4.78 is 0. The Bertz CT molecular complexity index is 10.8. The molecule has 3 nitrogen and oxygen atoms in total. The molecule has 0 spiro atoms. The maximum Gasteiger partial charge on any atom is 1.00 e. The van der Waals surface area contributed by atoms with Crippen LogP contribution in [0.5, 0.6) is 0 Å². The van der Waals surface area contributed by atoms with E-state index in [9.17, 15) is 0 Å². The van der Waals surface area contributed by atoms with Crippen molar-refractivity contribution in [3.05, 3.63) is 0 Å². The molecule has 0 aromatic heterocycles. The van der Waals surface area contributed by atoms with Crippen molar-refractivity contribution in [1.29, 1.82) is 0 Å². The molecule has 32 valence electrons. The van der Waals surface area contributed by atoms with Gasteiger partial charge in [0.2, 0.25) is 0 Å². The summed E-state index contributed by atoms with van der Waals surface area (Å²) in [6.45, 7) is 0. The van der Waals surface area contributed by atoms with E-state index in [1.807, 2.05) is 0 Å². The molecule has 0 unspecified atom stereocenters. The maximum atomic E-state index is 0. The molecule has 0 radical (unpaired) electrons. The fraction of sp³-hybridized carbons (Fsp3) is 0. The van der Waals surface area contributed by atoms with Crippen molar-refractivity contribution >= 4 is 0 Å². The van der Waals surface area contributed by atoms with Gasteiger partial charge in [-0.1, -0.05) is 0 Å². The molecule has 0 heterocycles. The molecule has 0 amide bonds. The summed E-state index contributed by atoms with van der Waals surface area (Å²) in [4.78, 5) is 0. The topological polar surface area (TPSA) is 85.5 Å². The van der Waals surface area contributed by atoms with E-state index >= 15 is 0 Å². The van der Waals surface area contributed by atoms with Crippen molar-refractivity contribution in [1.82, 2.24) is 0 Å². The van der Waals surface area contributed by atoms with Crippen molar-refractivity contribution in [2.45, 2.75) is 0 Å². The van der Waals surface area contributed by atoms with Crippen LogP contribution < -0.4 is 18.9 Å². The first-order chi connectivity index (χ1) is 0. The van der Waals surface area contributed by atoms with Gasteiger partial charge < -0.3 is 17.9 Å². The standard InChI is InChI=1S/Li.3O.W.H/q+1;3*-2;;-1. The Balaban J connectivity index is 0. The van der Waals surface area contributed by atoms with Gasteiger partial charge in [0.1, 0.15) is 0 Å². The van der Waals surface area contributed by atoms with Crippen molar-refractivity contribution in [2.24, 2.45) is 0 Å². The first-order valence-electron chi connectivity index (χ1n) is 0. The predicted octanol–water partition coefficient (Wildman–Crippen LogP) is -3.24. The van der Waals surface area contributed by atoms with Crippen LogP contribution in [0.1, 0.15) is 1.43 Å². The Morgan fingerprint density at radius 3 is 0.800 bits per heavy atom. The van der Waals surface area contributed by atoms with E-state index in [-0.39, 0.29) is 57.8 Å². The van der Waals surface area contributed by atoms with Crippen LogP contribution in [0.4, 0.5) is 0 Å². The van der Waals surface area contributed by atoms with E-state index in [0.717, 1.165) is 0 Å². The van der Waals surface area contributed by atoms with Gasteiger partial charge in [-0.2, -0.15) is 0 Å². The summed E-state index contributed by atoms with van der Waals surface area (Å²) >= 11 is 0. The molecular weight excluding hydrogens is 239 g/mol. The molecule has 0 atom stereocenters. The van der Waals surface area contributed by atoms with Gasteiger partial charge >= 0.3 is 18.9 Å². The summed E-state index contributed by atoms with van der Waals surface area (Å²) in [6, 6.07) is 0. The SMILES string of the molecule is [H-].[Li+].[O-2].[O-2].[O-2].[W]. The van der Waals surface area contributed by atoms with Gasteiger partial charge in [0.05, 0.1) is 0 Å². The Kier molecular flexibility index (Phi) is 1600. The van der Waals surface area contributed by atoms with Crippen LogP contribution >= 0.6 is 0 Å².